The Bertz CT molecular complexity index is 522. The molecule has 2 aromatic rings. The van der Waals surface area contributed by atoms with Crippen LogP contribution in [0.1, 0.15) is 18.1 Å². The molecule has 0 aliphatic heterocycles. The van der Waals surface area contributed by atoms with Crippen molar-refractivity contribution in [1.82, 2.24) is 9.88 Å². The van der Waals surface area contributed by atoms with Crippen LogP contribution in [0.5, 0.6) is 0 Å². The van der Waals surface area contributed by atoms with E-state index in [-0.39, 0.29) is 5.82 Å². The Hall–Kier alpha value is -1.13. The zero-order valence-corrected chi connectivity index (χ0v) is 11.9. The van der Waals surface area contributed by atoms with Crippen molar-refractivity contribution in [3.8, 4) is 0 Å². The minimum Gasteiger partial charge on any atom is -0.350 e. The van der Waals surface area contributed by atoms with Crippen molar-refractivity contribution < 1.29 is 4.39 Å². The van der Waals surface area contributed by atoms with Gasteiger partial charge in [-0.2, -0.15) is 0 Å². The molecular weight excluding hydrogens is 295 g/mol. The Kier molecular flexibility index (Phi) is 4.55. The van der Waals surface area contributed by atoms with Crippen molar-refractivity contribution in [3.63, 3.8) is 0 Å². The number of nitrogens with one attached hydrogen (secondary N) is 1. The Labute approximate surface area is 115 Å². The standard InChI is InChI=1S/C14H16BrFN2/c1-2-17-8-11-6-7-18(9-11)10-12-4-3-5-13(16)14(12)15/h3-7,9,17H,2,8,10H2,1H3. The Morgan fingerprint density at radius 3 is 2.94 bits per heavy atom. The normalized spacial score (nSPS) is 10.8. The van der Waals surface area contributed by atoms with Gasteiger partial charge in [0.05, 0.1) is 4.47 Å². The predicted octanol–water partition coefficient (Wildman–Crippen LogP) is 3.55. The van der Waals surface area contributed by atoms with Gasteiger partial charge in [0.25, 0.3) is 0 Å². The summed E-state index contributed by atoms with van der Waals surface area (Å²) in [6.45, 7) is 4.58. The van der Waals surface area contributed by atoms with Gasteiger partial charge in [-0.25, -0.2) is 4.39 Å². The highest BCUT2D eigenvalue weighted by atomic mass is 79.9. The molecule has 0 radical (unpaired) electrons. The van der Waals surface area contributed by atoms with E-state index in [9.17, 15) is 4.39 Å². The largest absolute Gasteiger partial charge is 0.350 e. The second-order valence-corrected chi connectivity index (χ2v) is 4.98. The minimum absolute atomic E-state index is 0.215. The molecule has 1 heterocycles. The van der Waals surface area contributed by atoms with Crippen molar-refractivity contribution in [2.24, 2.45) is 0 Å². The second kappa shape index (κ2) is 6.16. The van der Waals surface area contributed by atoms with Gasteiger partial charge >= 0.3 is 0 Å². The van der Waals surface area contributed by atoms with E-state index in [1.54, 1.807) is 6.07 Å². The molecule has 0 fully saturated rings. The monoisotopic (exact) mass is 310 g/mol. The summed E-state index contributed by atoms with van der Waals surface area (Å²) in [5.74, 6) is -0.215. The van der Waals surface area contributed by atoms with E-state index in [2.05, 4.69) is 45.0 Å². The minimum atomic E-state index is -0.215. The third-order valence-corrected chi connectivity index (χ3v) is 3.66. The highest BCUT2D eigenvalue weighted by molar-refractivity contribution is 9.10. The molecule has 0 unspecified atom stereocenters. The van der Waals surface area contributed by atoms with Crippen molar-refractivity contribution in [2.75, 3.05) is 6.54 Å². The van der Waals surface area contributed by atoms with E-state index >= 15 is 0 Å². The van der Waals surface area contributed by atoms with Gasteiger partial charge in [-0.3, -0.25) is 0 Å². The topological polar surface area (TPSA) is 17.0 Å². The summed E-state index contributed by atoms with van der Waals surface area (Å²) in [5.41, 5.74) is 2.19. The highest BCUT2D eigenvalue weighted by Gasteiger charge is 2.05. The van der Waals surface area contributed by atoms with Crippen LogP contribution in [0.2, 0.25) is 0 Å². The van der Waals surface area contributed by atoms with E-state index < -0.39 is 0 Å². The van der Waals surface area contributed by atoms with Gasteiger partial charge in [0.1, 0.15) is 5.82 Å². The first-order valence-corrected chi connectivity index (χ1v) is 6.78. The van der Waals surface area contributed by atoms with Crippen LogP contribution in [0.4, 0.5) is 4.39 Å². The third-order valence-electron chi connectivity index (χ3n) is 2.78. The summed E-state index contributed by atoms with van der Waals surface area (Å²) in [6.07, 6.45) is 4.10. The Balaban J connectivity index is 2.09. The molecule has 18 heavy (non-hydrogen) atoms. The molecule has 1 N–H and O–H groups in total. The first-order valence-electron chi connectivity index (χ1n) is 5.99. The van der Waals surface area contributed by atoms with Crippen LogP contribution in [-0.4, -0.2) is 11.1 Å². The summed E-state index contributed by atoms with van der Waals surface area (Å²) >= 11 is 3.29. The van der Waals surface area contributed by atoms with Crippen molar-refractivity contribution >= 4 is 15.9 Å². The van der Waals surface area contributed by atoms with Gasteiger partial charge < -0.3 is 9.88 Å². The average Bonchev–Trinajstić information content (AvgIpc) is 2.80. The van der Waals surface area contributed by atoms with Crippen LogP contribution < -0.4 is 5.32 Å². The second-order valence-electron chi connectivity index (χ2n) is 4.19. The van der Waals surface area contributed by atoms with Crippen LogP contribution in [0.3, 0.4) is 0 Å². The van der Waals surface area contributed by atoms with Crippen LogP contribution in [0.15, 0.2) is 41.1 Å². The summed E-state index contributed by atoms with van der Waals surface area (Å²) in [7, 11) is 0. The number of rotatable bonds is 5. The molecule has 0 aliphatic carbocycles. The number of hydrogen-bond donors (Lipinski definition) is 1. The molecule has 0 bridgehead atoms. The highest BCUT2D eigenvalue weighted by Crippen LogP contribution is 2.21. The Morgan fingerprint density at radius 1 is 1.33 bits per heavy atom. The van der Waals surface area contributed by atoms with Gasteiger partial charge in [0.15, 0.2) is 0 Å². The van der Waals surface area contributed by atoms with Gasteiger partial charge in [-0.1, -0.05) is 19.1 Å². The molecule has 0 atom stereocenters. The van der Waals surface area contributed by atoms with E-state index in [1.165, 1.54) is 11.6 Å². The van der Waals surface area contributed by atoms with Gasteiger partial charge in [0, 0.05) is 25.5 Å². The van der Waals surface area contributed by atoms with Gasteiger partial charge in [-0.15, -0.1) is 0 Å². The number of aromatic nitrogens is 1. The van der Waals surface area contributed by atoms with Crippen LogP contribution in [0, 0.1) is 5.82 Å². The molecule has 0 spiro atoms. The molecule has 0 aliphatic rings. The van der Waals surface area contributed by atoms with E-state index in [0.717, 1.165) is 18.7 Å². The van der Waals surface area contributed by atoms with Crippen LogP contribution in [0.25, 0.3) is 0 Å². The smallest absolute Gasteiger partial charge is 0.137 e. The lowest BCUT2D eigenvalue weighted by Gasteiger charge is -2.06. The molecule has 1 aromatic carbocycles. The van der Waals surface area contributed by atoms with E-state index in [0.29, 0.717) is 11.0 Å². The maximum atomic E-state index is 13.4. The fourth-order valence-corrected chi connectivity index (χ4v) is 2.22. The molecular formula is C14H16BrFN2. The zero-order chi connectivity index (χ0) is 13.0. The number of nitrogens with zero attached hydrogens (tertiary/aromatic N) is 1. The number of benzene rings is 1. The number of hydrogen-bond acceptors (Lipinski definition) is 1. The zero-order valence-electron chi connectivity index (χ0n) is 10.3. The SMILES string of the molecule is CCNCc1ccn(Cc2cccc(F)c2Br)c1. The maximum Gasteiger partial charge on any atom is 0.137 e. The first kappa shape index (κ1) is 13.3. The van der Waals surface area contributed by atoms with E-state index in [1.807, 2.05) is 12.3 Å². The molecule has 96 valence electrons. The van der Waals surface area contributed by atoms with Crippen molar-refractivity contribution in [1.29, 1.82) is 0 Å². The first-order chi connectivity index (χ1) is 8.70. The lowest BCUT2D eigenvalue weighted by molar-refractivity contribution is 0.616. The molecule has 0 amide bonds. The molecule has 2 rings (SSSR count). The summed E-state index contributed by atoms with van der Waals surface area (Å²) in [4.78, 5) is 0. The molecule has 0 saturated heterocycles. The summed E-state index contributed by atoms with van der Waals surface area (Å²) in [6, 6.07) is 7.20. The van der Waals surface area contributed by atoms with Gasteiger partial charge in [0.2, 0.25) is 0 Å². The molecule has 1 aromatic heterocycles. The lowest BCUT2D eigenvalue weighted by atomic mass is 10.2. The van der Waals surface area contributed by atoms with Crippen molar-refractivity contribution in [3.05, 3.63) is 58.1 Å². The Morgan fingerprint density at radius 2 is 2.17 bits per heavy atom. The fraction of sp³-hybridized carbons (Fsp3) is 0.286. The number of halogens is 2. The third kappa shape index (κ3) is 3.21. The van der Waals surface area contributed by atoms with Gasteiger partial charge in [-0.05, 0) is 45.7 Å². The molecule has 0 saturated carbocycles. The average molecular weight is 311 g/mol. The predicted molar refractivity (Wildman–Crippen MR) is 75.0 cm³/mol. The van der Waals surface area contributed by atoms with Crippen molar-refractivity contribution in [2.45, 2.75) is 20.0 Å². The summed E-state index contributed by atoms with van der Waals surface area (Å²) < 4.78 is 16.0. The fourth-order valence-electron chi connectivity index (χ4n) is 1.83. The van der Waals surface area contributed by atoms with Crippen LogP contribution >= 0.6 is 15.9 Å². The summed E-state index contributed by atoms with van der Waals surface area (Å²) in [5, 5.41) is 3.28. The lowest BCUT2D eigenvalue weighted by Crippen LogP contribution is -2.11. The van der Waals surface area contributed by atoms with E-state index in [4.69, 9.17) is 0 Å². The van der Waals surface area contributed by atoms with Crippen LogP contribution in [-0.2, 0) is 13.1 Å². The molecule has 4 heteroatoms. The molecule has 2 nitrogen and oxygen atoms in total. The maximum absolute atomic E-state index is 13.4. The quantitative estimate of drug-likeness (QED) is 0.893.